The van der Waals surface area contributed by atoms with E-state index in [1.165, 1.54) is 0 Å². The summed E-state index contributed by atoms with van der Waals surface area (Å²) in [5.74, 6) is 0.981. The molecule has 1 heterocycles. The van der Waals surface area contributed by atoms with E-state index in [2.05, 4.69) is 5.32 Å². The first kappa shape index (κ1) is 28.3. The Labute approximate surface area is 208 Å². The van der Waals surface area contributed by atoms with Crippen molar-refractivity contribution in [2.75, 3.05) is 24.6 Å². The van der Waals surface area contributed by atoms with Crippen molar-refractivity contribution in [2.24, 2.45) is 17.4 Å². The maximum absolute atomic E-state index is 13.9. The first-order valence-corrected chi connectivity index (χ1v) is 13.7. The van der Waals surface area contributed by atoms with Gasteiger partial charge in [-0.25, -0.2) is 0 Å². The number of nitrogens with two attached hydrogens (primary N) is 2. The molecule has 7 nitrogen and oxygen atoms in total. The van der Waals surface area contributed by atoms with E-state index in [1.54, 1.807) is 16.7 Å². The van der Waals surface area contributed by atoms with Gasteiger partial charge in [-0.3, -0.25) is 14.4 Å². The van der Waals surface area contributed by atoms with Crippen LogP contribution in [0.15, 0.2) is 30.3 Å². The number of thioether (sulfide) groups is 1. The summed E-state index contributed by atoms with van der Waals surface area (Å²) in [5.41, 5.74) is 12.7. The summed E-state index contributed by atoms with van der Waals surface area (Å²) in [6.07, 6.45) is 5.31. The lowest BCUT2D eigenvalue weighted by Crippen LogP contribution is -2.58. The second kappa shape index (κ2) is 15.2. The van der Waals surface area contributed by atoms with Crippen LogP contribution in [0.1, 0.15) is 57.9 Å². The highest BCUT2D eigenvalue weighted by molar-refractivity contribution is 7.99. The normalized spacial score (nSPS) is 18.7. The molecule has 1 aliphatic heterocycles. The smallest absolute Gasteiger partial charge is 0.246 e. The van der Waals surface area contributed by atoms with Gasteiger partial charge in [0.2, 0.25) is 11.8 Å². The molecule has 0 radical (unpaired) electrons. The van der Waals surface area contributed by atoms with Crippen LogP contribution in [0.5, 0.6) is 0 Å². The Morgan fingerprint density at radius 2 is 1.88 bits per heavy atom. The second-order valence-electron chi connectivity index (χ2n) is 9.20. The van der Waals surface area contributed by atoms with E-state index in [-0.39, 0.29) is 23.5 Å². The van der Waals surface area contributed by atoms with Gasteiger partial charge >= 0.3 is 0 Å². The lowest BCUT2D eigenvalue weighted by Gasteiger charge is -2.36. The van der Waals surface area contributed by atoms with Crippen molar-refractivity contribution in [1.82, 2.24) is 10.2 Å². The summed E-state index contributed by atoms with van der Waals surface area (Å²) in [7, 11) is 0. The SMILES string of the molecule is CC[C@@H](C)[C@@H](N)C(=O)N[C@@H](Cc1ccccc1)C(=O)N(CCCCCCN)[C@@H]1CSCCC1=O. The van der Waals surface area contributed by atoms with Crippen LogP contribution in [0.25, 0.3) is 0 Å². The fraction of sp³-hybridized carbons (Fsp3) is 0.654. The highest BCUT2D eigenvalue weighted by atomic mass is 32.2. The zero-order chi connectivity index (χ0) is 24.9. The zero-order valence-electron chi connectivity index (χ0n) is 20.7. The van der Waals surface area contributed by atoms with Crippen molar-refractivity contribution in [3.05, 3.63) is 35.9 Å². The number of hydrogen-bond donors (Lipinski definition) is 3. The summed E-state index contributed by atoms with van der Waals surface area (Å²) >= 11 is 1.70. The maximum Gasteiger partial charge on any atom is 0.246 e. The zero-order valence-corrected chi connectivity index (χ0v) is 21.5. The number of carbonyl (C=O) groups excluding carboxylic acids is 3. The van der Waals surface area contributed by atoms with E-state index in [0.717, 1.165) is 43.4 Å². The molecule has 8 heteroatoms. The molecule has 0 spiro atoms. The minimum atomic E-state index is -0.770. The molecule has 0 unspecified atom stereocenters. The predicted molar refractivity (Wildman–Crippen MR) is 139 cm³/mol. The molecular weight excluding hydrogens is 448 g/mol. The molecule has 1 fully saturated rings. The van der Waals surface area contributed by atoms with Crippen LogP contribution in [-0.4, -0.2) is 65.2 Å². The minimum Gasteiger partial charge on any atom is -0.343 e. The van der Waals surface area contributed by atoms with Crippen molar-refractivity contribution in [3.63, 3.8) is 0 Å². The fourth-order valence-electron chi connectivity index (χ4n) is 4.12. The van der Waals surface area contributed by atoms with Crippen molar-refractivity contribution in [2.45, 2.75) is 76.9 Å². The quantitative estimate of drug-likeness (QED) is 0.345. The third kappa shape index (κ3) is 8.71. The van der Waals surface area contributed by atoms with Gasteiger partial charge in [-0.1, -0.05) is 63.4 Å². The Balaban J connectivity index is 2.25. The Morgan fingerprint density at radius 1 is 1.18 bits per heavy atom. The van der Waals surface area contributed by atoms with Gasteiger partial charge in [-0.15, -0.1) is 0 Å². The summed E-state index contributed by atoms with van der Waals surface area (Å²) in [4.78, 5) is 41.4. The molecule has 0 bridgehead atoms. The predicted octanol–water partition coefficient (Wildman–Crippen LogP) is 2.51. The van der Waals surface area contributed by atoms with Gasteiger partial charge in [0.05, 0.1) is 12.1 Å². The Bertz CT molecular complexity index is 777. The molecule has 0 aromatic heterocycles. The van der Waals surface area contributed by atoms with Gasteiger partial charge in [-0.05, 0) is 30.9 Å². The van der Waals surface area contributed by atoms with Gasteiger partial charge in [0.15, 0.2) is 5.78 Å². The number of ketones is 1. The van der Waals surface area contributed by atoms with Crippen LogP contribution in [0.4, 0.5) is 0 Å². The second-order valence-corrected chi connectivity index (χ2v) is 10.4. The van der Waals surface area contributed by atoms with Crippen LogP contribution in [0.3, 0.4) is 0 Å². The minimum absolute atomic E-state index is 0.00227. The summed E-state index contributed by atoms with van der Waals surface area (Å²) in [6, 6.07) is 7.74. The van der Waals surface area contributed by atoms with Crippen LogP contribution >= 0.6 is 11.8 Å². The molecule has 190 valence electrons. The van der Waals surface area contributed by atoms with Gasteiger partial charge in [0, 0.05) is 30.9 Å². The van der Waals surface area contributed by atoms with Crippen LogP contribution in [0, 0.1) is 5.92 Å². The molecule has 0 aliphatic carbocycles. The van der Waals surface area contributed by atoms with E-state index < -0.39 is 18.1 Å². The van der Waals surface area contributed by atoms with E-state index in [0.29, 0.717) is 31.7 Å². The monoisotopic (exact) mass is 490 g/mol. The summed E-state index contributed by atoms with van der Waals surface area (Å²) in [5, 5.41) is 2.94. The van der Waals surface area contributed by atoms with Crippen molar-refractivity contribution >= 4 is 29.4 Å². The van der Waals surface area contributed by atoms with Crippen LogP contribution < -0.4 is 16.8 Å². The van der Waals surface area contributed by atoms with E-state index >= 15 is 0 Å². The first-order valence-electron chi connectivity index (χ1n) is 12.6. The number of hydrogen-bond acceptors (Lipinski definition) is 6. The first-order chi connectivity index (χ1) is 16.4. The van der Waals surface area contributed by atoms with Crippen LogP contribution in [0.2, 0.25) is 0 Å². The van der Waals surface area contributed by atoms with E-state index in [4.69, 9.17) is 11.5 Å². The third-order valence-electron chi connectivity index (χ3n) is 6.61. The number of carbonyl (C=O) groups is 3. The Hall–Kier alpha value is -1.90. The Morgan fingerprint density at radius 3 is 2.53 bits per heavy atom. The van der Waals surface area contributed by atoms with Crippen molar-refractivity contribution < 1.29 is 14.4 Å². The fourth-order valence-corrected chi connectivity index (χ4v) is 5.22. The molecule has 2 amide bonds. The number of nitrogens with one attached hydrogen (secondary N) is 1. The van der Waals surface area contributed by atoms with Gasteiger partial charge in [-0.2, -0.15) is 11.8 Å². The van der Waals surface area contributed by atoms with Crippen LogP contribution in [-0.2, 0) is 20.8 Å². The molecule has 2 rings (SSSR count). The molecule has 1 aromatic rings. The maximum atomic E-state index is 13.9. The van der Waals surface area contributed by atoms with E-state index in [9.17, 15) is 14.4 Å². The molecule has 0 saturated carbocycles. The molecule has 1 saturated heterocycles. The van der Waals surface area contributed by atoms with E-state index in [1.807, 2.05) is 44.2 Å². The average molecular weight is 491 g/mol. The lowest BCUT2D eigenvalue weighted by atomic mass is 9.97. The Kier molecular flexibility index (Phi) is 12.6. The molecule has 34 heavy (non-hydrogen) atoms. The average Bonchev–Trinajstić information content (AvgIpc) is 2.85. The molecular formula is C26H42N4O3S. The number of rotatable bonds is 14. The van der Waals surface area contributed by atoms with Crippen molar-refractivity contribution in [1.29, 1.82) is 0 Å². The number of unbranched alkanes of at least 4 members (excludes halogenated alkanes) is 3. The number of nitrogens with zero attached hydrogens (tertiary/aromatic N) is 1. The molecule has 4 atom stereocenters. The van der Waals surface area contributed by atoms with Crippen molar-refractivity contribution in [3.8, 4) is 0 Å². The number of Topliss-reactive ketones (excluding diaryl/α,β-unsaturated/α-hetero) is 1. The third-order valence-corrected chi connectivity index (χ3v) is 7.65. The van der Waals surface area contributed by atoms with Gasteiger partial charge < -0.3 is 21.7 Å². The molecule has 5 N–H and O–H groups in total. The van der Waals surface area contributed by atoms with Gasteiger partial charge in [0.1, 0.15) is 6.04 Å². The van der Waals surface area contributed by atoms with Gasteiger partial charge in [0.25, 0.3) is 0 Å². The number of amides is 2. The highest BCUT2D eigenvalue weighted by Gasteiger charge is 2.36. The lowest BCUT2D eigenvalue weighted by molar-refractivity contribution is -0.142. The highest BCUT2D eigenvalue weighted by Crippen LogP contribution is 2.21. The summed E-state index contributed by atoms with van der Waals surface area (Å²) < 4.78 is 0. The standard InChI is InChI=1S/C26H42N4O3S/c1-3-19(2)24(28)25(32)29-21(17-20-11-7-6-8-12-20)26(33)30(15-10-5-4-9-14-27)22-18-34-16-13-23(22)31/h6-8,11-12,19,21-22,24H,3-5,9-10,13-18,27-28H2,1-2H3,(H,29,32)/t19-,21+,22-,24-/m1/s1. The largest absolute Gasteiger partial charge is 0.343 e. The summed E-state index contributed by atoms with van der Waals surface area (Å²) in [6.45, 7) is 5.08. The number of benzene rings is 1. The topological polar surface area (TPSA) is 119 Å². The molecule has 1 aromatic carbocycles. The molecule has 1 aliphatic rings.